The van der Waals surface area contributed by atoms with Crippen LogP contribution in [0.4, 0.5) is 13.2 Å². The summed E-state index contributed by atoms with van der Waals surface area (Å²) in [5.74, 6) is 0.457. The number of alkyl halides is 3. The van der Waals surface area contributed by atoms with Crippen LogP contribution in [-0.4, -0.2) is 10.2 Å². The molecule has 2 aromatic rings. The van der Waals surface area contributed by atoms with Crippen molar-refractivity contribution in [1.29, 1.82) is 0 Å². The first-order valence-electron chi connectivity index (χ1n) is 4.61. The maximum Gasteiger partial charge on any atom is 0.416 e. The molecule has 0 aliphatic heterocycles. The van der Waals surface area contributed by atoms with Gasteiger partial charge in [-0.15, -0.1) is 10.2 Å². The van der Waals surface area contributed by atoms with Crippen LogP contribution >= 0.6 is 23.1 Å². The zero-order chi connectivity index (χ0) is 12.3. The molecule has 0 aliphatic carbocycles. The summed E-state index contributed by atoms with van der Waals surface area (Å²) in [6.45, 7) is 0. The topological polar surface area (TPSA) is 25.8 Å². The van der Waals surface area contributed by atoms with E-state index in [2.05, 4.69) is 10.2 Å². The second kappa shape index (κ2) is 5.05. The number of halogens is 3. The third kappa shape index (κ3) is 3.44. The zero-order valence-electron chi connectivity index (χ0n) is 8.44. The van der Waals surface area contributed by atoms with Crippen molar-refractivity contribution in [3.05, 3.63) is 40.9 Å². The van der Waals surface area contributed by atoms with Gasteiger partial charge in [0, 0.05) is 5.75 Å². The van der Waals surface area contributed by atoms with Crippen LogP contribution in [0.15, 0.2) is 34.1 Å². The van der Waals surface area contributed by atoms with Gasteiger partial charge in [-0.3, -0.25) is 0 Å². The molecule has 0 saturated heterocycles. The Hall–Kier alpha value is -1.08. The van der Waals surface area contributed by atoms with E-state index in [1.54, 1.807) is 11.6 Å². The number of hydrogen-bond donors (Lipinski definition) is 0. The lowest BCUT2D eigenvalue weighted by Crippen LogP contribution is -2.04. The molecule has 1 aromatic carbocycles. The molecular formula is C10H7F3N2S2. The number of nitrogens with zero attached hydrogens (tertiary/aromatic N) is 2. The molecule has 0 atom stereocenters. The fourth-order valence-electron chi connectivity index (χ4n) is 1.21. The fraction of sp³-hybridized carbons (Fsp3) is 0.200. The van der Waals surface area contributed by atoms with Crippen LogP contribution in [0.3, 0.4) is 0 Å². The van der Waals surface area contributed by atoms with E-state index in [1.807, 2.05) is 0 Å². The van der Waals surface area contributed by atoms with Crippen LogP contribution in [0.2, 0.25) is 0 Å². The van der Waals surface area contributed by atoms with Gasteiger partial charge in [-0.05, 0) is 11.6 Å². The van der Waals surface area contributed by atoms with Crippen molar-refractivity contribution < 1.29 is 13.2 Å². The van der Waals surface area contributed by atoms with Crippen molar-refractivity contribution in [2.75, 3.05) is 0 Å². The Kier molecular flexibility index (Phi) is 3.68. The Bertz CT molecular complexity index is 483. The molecular weight excluding hydrogens is 269 g/mol. The SMILES string of the molecule is FC(F)(F)c1cccc(CSc2nncs2)c1. The predicted molar refractivity (Wildman–Crippen MR) is 60.9 cm³/mol. The quantitative estimate of drug-likeness (QED) is 0.796. The van der Waals surface area contributed by atoms with Gasteiger partial charge in [0.2, 0.25) is 0 Å². The first kappa shape index (κ1) is 12.4. The minimum Gasteiger partial charge on any atom is -0.166 e. The molecule has 90 valence electrons. The fourth-order valence-corrected chi connectivity index (χ4v) is 2.64. The van der Waals surface area contributed by atoms with Crippen molar-refractivity contribution in [2.24, 2.45) is 0 Å². The summed E-state index contributed by atoms with van der Waals surface area (Å²) in [6, 6.07) is 5.31. The third-order valence-corrected chi connectivity index (χ3v) is 3.89. The first-order valence-corrected chi connectivity index (χ1v) is 6.47. The van der Waals surface area contributed by atoms with E-state index < -0.39 is 11.7 Å². The van der Waals surface area contributed by atoms with Crippen molar-refractivity contribution in [3.8, 4) is 0 Å². The van der Waals surface area contributed by atoms with Gasteiger partial charge in [0.15, 0.2) is 4.34 Å². The average Bonchev–Trinajstić information content (AvgIpc) is 2.78. The number of thioether (sulfide) groups is 1. The van der Waals surface area contributed by atoms with Crippen LogP contribution in [-0.2, 0) is 11.9 Å². The molecule has 0 aliphatic rings. The average molecular weight is 276 g/mol. The van der Waals surface area contributed by atoms with Crippen LogP contribution < -0.4 is 0 Å². The molecule has 2 rings (SSSR count). The largest absolute Gasteiger partial charge is 0.416 e. The Morgan fingerprint density at radius 1 is 1.29 bits per heavy atom. The second-order valence-corrected chi connectivity index (χ2v) is 5.25. The van der Waals surface area contributed by atoms with E-state index in [9.17, 15) is 13.2 Å². The van der Waals surface area contributed by atoms with Crippen molar-refractivity contribution in [3.63, 3.8) is 0 Å². The Labute approximate surface area is 104 Å². The highest BCUT2D eigenvalue weighted by Crippen LogP contribution is 2.31. The maximum atomic E-state index is 12.5. The molecule has 1 heterocycles. The number of rotatable bonds is 3. The minimum atomic E-state index is -4.29. The molecule has 0 bridgehead atoms. The lowest BCUT2D eigenvalue weighted by atomic mass is 10.1. The highest BCUT2D eigenvalue weighted by atomic mass is 32.2. The van der Waals surface area contributed by atoms with Gasteiger partial charge in [-0.25, -0.2) is 0 Å². The van der Waals surface area contributed by atoms with Gasteiger partial charge in [0.1, 0.15) is 5.51 Å². The van der Waals surface area contributed by atoms with Gasteiger partial charge in [0.25, 0.3) is 0 Å². The zero-order valence-corrected chi connectivity index (χ0v) is 10.1. The van der Waals surface area contributed by atoms with Gasteiger partial charge in [0.05, 0.1) is 5.56 Å². The molecule has 0 fully saturated rings. The Morgan fingerprint density at radius 2 is 2.12 bits per heavy atom. The van der Waals surface area contributed by atoms with E-state index >= 15 is 0 Å². The van der Waals surface area contributed by atoms with E-state index in [0.717, 1.165) is 16.5 Å². The van der Waals surface area contributed by atoms with Crippen LogP contribution in [0.5, 0.6) is 0 Å². The number of benzene rings is 1. The monoisotopic (exact) mass is 276 g/mol. The molecule has 0 saturated carbocycles. The molecule has 0 amide bonds. The van der Waals surface area contributed by atoms with Crippen molar-refractivity contribution in [1.82, 2.24) is 10.2 Å². The van der Waals surface area contributed by atoms with E-state index in [1.165, 1.54) is 29.2 Å². The summed E-state index contributed by atoms with van der Waals surface area (Å²) in [6.07, 6.45) is -4.29. The minimum absolute atomic E-state index is 0.457. The highest BCUT2D eigenvalue weighted by Gasteiger charge is 2.30. The van der Waals surface area contributed by atoms with Crippen LogP contribution in [0, 0.1) is 0 Å². The number of aromatic nitrogens is 2. The molecule has 0 spiro atoms. The summed E-state index contributed by atoms with van der Waals surface area (Å²) in [5, 5.41) is 7.47. The molecule has 7 heteroatoms. The molecule has 0 N–H and O–H groups in total. The predicted octanol–water partition coefficient (Wildman–Crippen LogP) is 3.85. The van der Waals surface area contributed by atoms with E-state index in [0.29, 0.717) is 11.3 Å². The Morgan fingerprint density at radius 3 is 2.76 bits per heavy atom. The summed E-state index contributed by atoms with van der Waals surface area (Å²) < 4.78 is 38.1. The molecule has 0 unspecified atom stereocenters. The van der Waals surface area contributed by atoms with E-state index in [4.69, 9.17) is 0 Å². The second-order valence-electron chi connectivity index (χ2n) is 3.19. The van der Waals surface area contributed by atoms with Gasteiger partial charge in [-0.1, -0.05) is 41.3 Å². The summed E-state index contributed by atoms with van der Waals surface area (Å²) >= 11 is 2.75. The molecule has 17 heavy (non-hydrogen) atoms. The van der Waals surface area contributed by atoms with Crippen LogP contribution in [0.1, 0.15) is 11.1 Å². The normalized spacial score (nSPS) is 11.7. The van der Waals surface area contributed by atoms with Gasteiger partial charge >= 0.3 is 6.18 Å². The standard InChI is InChI=1S/C10H7F3N2S2/c11-10(12,13)8-3-1-2-7(4-8)5-16-9-15-14-6-17-9/h1-4,6H,5H2. The molecule has 2 nitrogen and oxygen atoms in total. The summed E-state index contributed by atoms with van der Waals surface area (Å²) in [4.78, 5) is 0. The summed E-state index contributed by atoms with van der Waals surface area (Å²) in [5.41, 5.74) is 1.60. The molecule has 1 aromatic heterocycles. The number of hydrogen-bond acceptors (Lipinski definition) is 4. The van der Waals surface area contributed by atoms with Crippen molar-refractivity contribution >= 4 is 23.1 Å². The maximum absolute atomic E-state index is 12.5. The van der Waals surface area contributed by atoms with Crippen molar-refractivity contribution in [2.45, 2.75) is 16.3 Å². The van der Waals surface area contributed by atoms with Crippen LogP contribution in [0.25, 0.3) is 0 Å². The van der Waals surface area contributed by atoms with E-state index in [-0.39, 0.29) is 0 Å². The smallest absolute Gasteiger partial charge is 0.166 e. The van der Waals surface area contributed by atoms with Gasteiger partial charge in [-0.2, -0.15) is 13.2 Å². The lowest BCUT2D eigenvalue weighted by Gasteiger charge is -2.07. The Balaban J connectivity index is 2.07. The highest BCUT2D eigenvalue weighted by molar-refractivity contribution is 8.00. The van der Waals surface area contributed by atoms with Gasteiger partial charge < -0.3 is 0 Å². The summed E-state index contributed by atoms with van der Waals surface area (Å²) in [7, 11) is 0. The first-order chi connectivity index (χ1) is 8.05. The third-order valence-electron chi connectivity index (χ3n) is 1.96. The lowest BCUT2D eigenvalue weighted by molar-refractivity contribution is -0.137. The molecule has 0 radical (unpaired) electrons.